The second kappa shape index (κ2) is 15.4. The highest BCUT2D eigenvalue weighted by molar-refractivity contribution is 7.59. The first kappa shape index (κ1) is 40.8. The summed E-state index contributed by atoms with van der Waals surface area (Å²) in [6.45, 7) is 8.38. The maximum atomic E-state index is 12.3. The van der Waals surface area contributed by atoms with Gasteiger partial charge in [0.05, 0.1) is 31.0 Å². The van der Waals surface area contributed by atoms with Crippen molar-refractivity contribution < 1.29 is 29.2 Å². The molecule has 9 heteroatoms. The second-order valence-electron chi connectivity index (χ2n) is 14.2. The molecule has 2 heterocycles. The van der Waals surface area contributed by atoms with Crippen LogP contribution < -0.4 is 4.74 Å². The monoisotopic (exact) mass is 686 g/mol. The fourth-order valence-corrected chi connectivity index (χ4v) is 10.5. The van der Waals surface area contributed by atoms with E-state index < -0.39 is 17.0 Å². The van der Waals surface area contributed by atoms with Crippen molar-refractivity contribution in [1.29, 1.82) is 0 Å². The number of hydrogen-bond acceptors (Lipinski definition) is 6. The fourth-order valence-electron chi connectivity index (χ4n) is 10.5. The van der Waals surface area contributed by atoms with E-state index in [-0.39, 0.29) is 78.9 Å². The standard InChI is InChI=1S/C34H48O6.2CH4.3H2S/c1-3-14-33(36)16-12-27-25-11-15-32(35)22-34(38-19-20-39-34)17-13-28(32)30(25)26(21-31(27,33)2)23-7-9-24(10-8-23)40-29-6-4-5-18-37-29;;;;;/h3,7-10,25-30,35-36H,1,4-6,11-22H2,2H3;2*1H4;3*1H2/t25-,26+,27-,28?,29?,30?,31-,32+,33-;;;;;/m0...../s1. The van der Waals surface area contributed by atoms with Crippen LogP contribution in [-0.2, 0) is 14.2 Å². The Balaban J connectivity index is 0.00000141. The first-order valence-corrected chi connectivity index (χ1v) is 16.0. The normalized spacial score (nSPS) is 40.8. The minimum atomic E-state index is -0.771. The third kappa shape index (κ3) is 6.90. The fraction of sp³-hybridized carbons (Fsp3) is 0.778. The molecule has 9 atom stereocenters. The van der Waals surface area contributed by atoms with E-state index in [9.17, 15) is 10.2 Å². The van der Waals surface area contributed by atoms with E-state index in [1.165, 1.54) is 5.56 Å². The number of benzene rings is 1. The van der Waals surface area contributed by atoms with Crippen molar-refractivity contribution in [1.82, 2.24) is 0 Å². The van der Waals surface area contributed by atoms with Crippen molar-refractivity contribution in [3.8, 4) is 5.75 Å². The molecule has 0 aromatic heterocycles. The molecular weight excluding hydrogens is 625 g/mol. The first-order chi connectivity index (χ1) is 19.3. The maximum absolute atomic E-state index is 12.3. The van der Waals surface area contributed by atoms with Crippen LogP contribution in [-0.4, -0.2) is 53.3 Å². The van der Waals surface area contributed by atoms with Crippen molar-refractivity contribution in [3.05, 3.63) is 42.5 Å². The van der Waals surface area contributed by atoms with Crippen molar-refractivity contribution in [2.75, 3.05) is 19.8 Å². The Kier molecular flexibility index (Phi) is 14.0. The molecule has 1 aromatic rings. The van der Waals surface area contributed by atoms with Crippen LogP contribution in [0.4, 0.5) is 0 Å². The van der Waals surface area contributed by atoms with Gasteiger partial charge in [0.1, 0.15) is 5.75 Å². The van der Waals surface area contributed by atoms with Gasteiger partial charge < -0.3 is 29.2 Å². The van der Waals surface area contributed by atoms with E-state index in [1.807, 2.05) is 6.08 Å². The molecule has 1 aromatic carbocycles. The van der Waals surface area contributed by atoms with Gasteiger partial charge >= 0.3 is 0 Å². The molecule has 4 saturated carbocycles. The molecule has 260 valence electrons. The van der Waals surface area contributed by atoms with E-state index in [0.29, 0.717) is 43.8 Å². The van der Waals surface area contributed by atoms with E-state index >= 15 is 0 Å². The Morgan fingerprint density at radius 3 is 2.22 bits per heavy atom. The van der Waals surface area contributed by atoms with Gasteiger partial charge in [-0.25, -0.2) is 0 Å². The second-order valence-corrected chi connectivity index (χ2v) is 14.2. The van der Waals surface area contributed by atoms with Crippen LogP contribution in [0.15, 0.2) is 36.9 Å². The highest BCUT2D eigenvalue weighted by Gasteiger charge is 2.67. The Labute approximate surface area is 293 Å². The van der Waals surface area contributed by atoms with Gasteiger partial charge in [-0.3, -0.25) is 0 Å². The molecule has 0 amide bonds. The number of aliphatic hydroxyl groups is 2. The highest BCUT2D eigenvalue weighted by Crippen LogP contribution is 2.70. The summed E-state index contributed by atoms with van der Waals surface area (Å²) in [6, 6.07) is 8.69. The molecule has 0 bridgehead atoms. The Bertz CT molecular complexity index is 1090. The Morgan fingerprint density at radius 2 is 1.58 bits per heavy atom. The van der Waals surface area contributed by atoms with Gasteiger partial charge in [-0.1, -0.05) is 40.0 Å². The third-order valence-corrected chi connectivity index (χ3v) is 12.4. The van der Waals surface area contributed by atoms with Crippen LogP contribution >= 0.6 is 40.5 Å². The summed E-state index contributed by atoms with van der Waals surface area (Å²) in [5.74, 6) is 2.04. The topological polar surface area (TPSA) is 77.4 Å². The number of hydrogen-bond donors (Lipinski definition) is 2. The van der Waals surface area contributed by atoms with Crippen LogP contribution in [0.3, 0.4) is 0 Å². The van der Waals surface area contributed by atoms with Gasteiger partial charge in [-0.15, -0.1) is 6.58 Å². The Morgan fingerprint density at radius 1 is 0.889 bits per heavy atom. The number of rotatable bonds is 5. The molecule has 6 aliphatic rings. The smallest absolute Gasteiger partial charge is 0.199 e. The molecule has 1 spiro atoms. The number of ether oxygens (including phenoxy) is 4. The summed E-state index contributed by atoms with van der Waals surface area (Å²) < 4.78 is 24.2. The first-order valence-electron chi connectivity index (χ1n) is 16.0. The van der Waals surface area contributed by atoms with Crippen molar-refractivity contribution in [2.45, 2.75) is 128 Å². The van der Waals surface area contributed by atoms with Gasteiger partial charge in [-0.05, 0) is 105 Å². The van der Waals surface area contributed by atoms with Gasteiger partial charge in [0, 0.05) is 24.7 Å². The summed E-state index contributed by atoms with van der Waals surface area (Å²) in [4.78, 5) is 0. The number of fused-ring (bicyclic) bond motifs is 5. The van der Waals surface area contributed by atoms with E-state index in [1.54, 1.807) is 0 Å². The van der Waals surface area contributed by atoms with Gasteiger partial charge in [0.2, 0.25) is 0 Å². The lowest BCUT2D eigenvalue weighted by molar-refractivity contribution is -0.260. The minimum absolute atomic E-state index is 0. The third-order valence-electron chi connectivity index (χ3n) is 12.4. The van der Waals surface area contributed by atoms with E-state index in [4.69, 9.17) is 18.9 Å². The predicted molar refractivity (Wildman–Crippen MR) is 196 cm³/mol. The lowest BCUT2D eigenvalue weighted by atomic mass is 9.44. The van der Waals surface area contributed by atoms with Crippen molar-refractivity contribution in [3.63, 3.8) is 0 Å². The van der Waals surface area contributed by atoms with Crippen LogP contribution in [0.5, 0.6) is 5.75 Å². The molecule has 3 unspecified atom stereocenters. The minimum Gasteiger partial charge on any atom is -0.465 e. The summed E-state index contributed by atoms with van der Waals surface area (Å²) >= 11 is 0. The summed E-state index contributed by atoms with van der Waals surface area (Å²) in [5.41, 5.74) is -0.369. The molecule has 2 aliphatic heterocycles. The zero-order valence-corrected chi connectivity index (χ0v) is 28.7. The SMILES string of the molecule is C.C.C=CC[C@]1(O)CC[C@H]2[C@@H]3CC[C@@]4(O)CC5(CCC4C3[C@@H](c3ccc(OC4CCCCO4)cc3)C[C@@]21C)OCCO5.S.S.S. The van der Waals surface area contributed by atoms with Gasteiger partial charge in [0.15, 0.2) is 12.1 Å². The van der Waals surface area contributed by atoms with E-state index in [0.717, 1.165) is 76.6 Å². The van der Waals surface area contributed by atoms with Gasteiger partial charge in [0.25, 0.3) is 0 Å². The van der Waals surface area contributed by atoms with Crippen LogP contribution in [0.25, 0.3) is 0 Å². The highest BCUT2D eigenvalue weighted by atomic mass is 32.1. The van der Waals surface area contributed by atoms with Crippen molar-refractivity contribution >= 4 is 40.5 Å². The maximum Gasteiger partial charge on any atom is 0.199 e. The van der Waals surface area contributed by atoms with Crippen LogP contribution in [0.1, 0.15) is 110 Å². The zero-order valence-electron chi connectivity index (χ0n) is 25.7. The molecule has 2 N–H and O–H groups in total. The zero-order chi connectivity index (χ0) is 27.6. The molecule has 6 fully saturated rings. The van der Waals surface area contributed by atoms with Gasteiger partial charge in [-0.2, -0.15) is 40.5 Å². The average molecular weight is 687 g/mol. The molecule has 7 rings (SSSR count). The predicted octanol–water partition coefficient (Wildman–Crippen LogP) is 7.71. The molecular formula is C36H62O6S3. The largest absolute Gasteiger partial charge is 0.465 e. The molecule has 0 radical (unpaired) electrons. The van der Waals surface area contributed by atoms with Crippen LogP contribution in [0, 0.1) is 29.1 Å². The molecule has 2 saturated heterocycles. The van der Waals surface area contributed by atoms with E-state index in [2.05, 4.69) is 37.8 Å². The molecule has 6 nitrogen and oxygen atoms in total. The quantitative estimate of drug-likeness (QED) is 0.309. The summed E-state index contributed by atoms with van der Waals surface area (Å²) in [6.07, 6.45) is 12.6. The Hall–Kier alpha value is -0.390. The lowest BCUT2D eigenvalue weighted by Crippen LogP contribution is -2.62. The summed E-state index contributed by atoms with van der Waals surface area (Å²) in [7, 11) is 0. The lowest BCUT2D eigenvalue weighted by Gasteiger charge is -2.63. The molecule has 4 aliphatic carbocycles. The molecule has 45 heavy (non-hydrogen) atoms. The average Bonchev–Trinajstić information content (AvgIpc) is 3.50. The van der Waals surface area contributed by atoms with Crippen molar-refractivity contribution in [2.24, 2.45) is 29.1 Å². The summed E-state index contributed by atoms with van der Waals surface area (Å²) in [5, 5.41) is 24.3. The van der Waals surface area contributed by atoms with Crippen LogP contribution in [0.2, 0.25) is 0 Å².